The zero-order chi connectivity index (χ0) is 12.5. The van der Waals surface area contributed by atoms with E-state index in [1.54, 1.807) is 11.3 Å². The summed E-state index contributed by atoms with van der Waals surface area (Å²) in [5, 5.41) is 6.45. The Bertz CT molecular complexity index is 508. The number of hydrogen-bond acceptors (Lipinski definition) is 4. The molecule has 0 unspecified atom stereocenters. The normalized spacial score (nSPS) is 11.5. The van der Waals surface area contributed by atoms with Crippen molar-refractivity contribution in [1.29, 1.82) is 0 Å². The number of aryl methyl sites for hydroxylation is 1. The number of aromatic nitrogens is 2. The second kappa shape index (κ2) is 4.74. The van der Waals surface area contributed by atoms with Crippen LogP contribution in [0, 0.1) is 6.92 Å². The summed E-state index contributed by atoms with van der Waals surface area (Å²) in [6.45, 7) is 6.25. The van der Waals surface area contributed by atoms with E-state index in [0.717, 1.165) is 20.9 Å². The molecule has 0 spiro atoms. The molecule has 5 heteroatoms. The molecule has 0 aliphatic heterocycles. The SMILES string of the molecule is Cc1cc(NC(C)(C)c2nccs2)ncc1Br. The van der Waals surface area contributed by atoms with Crippen LogP contribution in [0.3, 0.4) is 0 Å². The summed E-state index contributed by atoms with van der Waals surface area (Å²) in [7, 11) is 0. The number of halogens is 1. The molecule has 0 saturated heterocycles. The minimum Gasteiger partial charge on any atom is -0.359 e. The average molecular weight is 312 g/mol. The molecule has 1 N–H and O–H groups in total. The Morgan fingerprint density at radius 1 is 1.35 bits per heavy atom. The molecule has 0 fully saturated rings. The van der Waals surface area contributed by atoms with Crippen molar-refractivity contribution in [2.24, 2.45) is 0 Å². The first-order chi connectivity index (χ1) is 7.99. The van der Waals surface area contributed by atoms with Crippen LogP contribution < -0.4 is 5.32 Å². The van der Waals surface area contributed by atoms with E-state index < -0.39 is 0 Å². The van der Waals surface area contributed by atoms with Crippen LogP contribution in [0.5, 0.6) is 0 Å². The topological polar surface area (TPSA) is 37.8 Å². The van der Waals surface area contributed by atoms with Gasteiger partial charge in [0.25, 0.3) is 0 Å². The molecule has 0 atom stereocenters. The minimum atomic E-state index is -0.207. The summed E-state index contributed by atoms with van der Waals surface area (Å²) >= 11 is 5.09. The molecule has 2 aromatic heterocycles. The fraction of sp³-hybridized carbons (Fsp3) is 0.333. The lowest BCUT2D eigenvalue weighted by molar-refractivity contribution is 0.601. The second-order valence-corrected chi connectivity index (χ2v) is 6.15. The molecule has 3 nitrogen and oxygen atoms in total. The standard InChI is InChI=1S/C12H14BrN3S/c1-8-6-10(15-7-9(8)13)16-12(2,3)11-14-4-5-17-11/h4-7H,1-3H3,(H,15,16). The van der Waals surface area contributed by atoms with Gasteiger partial charge in [0.15, 0.2) is 0 Å². The molecule has 2 rings (SSSR count). The van der Waals surface area contributed by atoms with Gasteiger partial charge in [-0.25, -0.2) is 9.97 Å². The fourth-order valence-electron chi connectivity index (χ4n) is 1.51. The van der Waals surface area contributed by atoms with Gasteiger partial charge in [-0.3, -0.25) is 0 Å². The van der Waals surface area contributed by atoms with Crippen LogP contribution in [-0.4, -0.2) is 9.97 Å². The predicted molar refractivity (Wildman–Crippen MR) is 75.4 cm³/mol. The Kier molecular flexibility index (Phi) is 3.49. The number of rotatable bonds is 3. The summed E-state index contributed by atoms with van der Waals surface area (Å²) < 4.78 is 1.02. The molecule has 17 heavy (non-hydrogen) atoms. The third-order valence-corrected chi connectivity index (χ3v) is 4.38. The highest BCUT2D eigenvalue weighted by Gasteiger charge is 2.23. The monoisotopic (exact) mass is 311 g/mol. The van der Waals surface area contributed by atoms with Crippen molar-refractivity contribution in [3.05, 3.63) is 38.9 Å². The largest absolute Gasteiger partial charge is 0.359 e. The molecule has 2 aromatic rings. The molecule has 2 heterocycles. The molecule has 90 valence electrons. The van der Waals surface area contributed by atoms with Gasteiger partial charge in [0.1, 0.15) is 10.8 Å². The molecule has 0 bridgehead atoms. The minimum absolute atomic E-state index is 0.207. The molecule has 0 saturated carbocycles. The number of anilines is 1. The van der Waals surface area contributed by atoms with Gasteiger partial charge in [-0.1, -0.05) is 0 Å². The first-order valence-electron chi connectivity index (χ1n) is 5.29. The lowest BCUT2D eigenvalue weighted by atomic mass is 10.1. The van der Waals surface area contributed by atoms with Gasteiger partial charge in [-0.2, -0.15) is 0 Å². The van der Waals surface area contributed by atoms with Crippen LogP contribution in [0.15, 0.2) is 28.3 Å². The number of nitrogens with one attached hydrogen (secondary N) is 1. The van der Waals surface area contributed by atoms with Crippen molar-refractivity contribution in [2.45, 2.75) is 26.3 Å². The molecule has 0 amide bonds. The summed E-state index contributed by atoms with van der Waals surface area (Å²) in [6.07, 6.45) is 3.64. The van der Waals surface area contributed by atoms with Crippen LogP contribution >= 0.6 is 27.3 Å². The number of pyridine rings is 1. The maximum absolute atomic E-state index is 4.35. The average Bonchev–Trinajstić information content (AvgIpc) is 2.77. The Balaban J connectivity index is 2.23. The van der Waals surface area contributed by atoms with Crippen LogP contribution in [0.1, 0.15) is 24.4 Å². The highest BCUT2D eigenvalue weighted by Crippen LogP contribution is 2.27. The van der Waals surface area contributed by atoms with Gasteiger partial charge in [0, 0.05) is 22.2 Å². The smallest absolute Gasteiger partial charge is 0.126 e. The second-order valence-electron chi connectivity index (χ2n) is 4.41. The van der Waals surface area contributed by atoms with Gasteiger partial charge in [0.05, 0.1) is 5.54 Å². The van der Waals surface area contributed by atoms with Crippen molar-refractivity contribution in [1.82, 2.24) is 9.97 Å². The summed E-state index contributed by atoms with van der Waals surface area (Å²) in [5.41, 5.74) is 0.957. The van der Waals surface area contributed by atoms with E-state index in [0.29, 0.717) is 0 Å². The molecule has 0 aliphatic rings. The molecular formula is C12H14BrN3S. The van der Waals surface area contributed by atoms with Gasteiger partial charge in [-0.15, -0.1) is 11.3 Å². The van der Waals surface area contributed by atoms with E-state index >= 15 is 0 Å². The Morgan fingerprint density at radius 2 is 2.12 bits per heavy atom. The number of thiazole rings is 1. The lowest BCUT2D eigenvalue weighted by Gasteiger charge is -2.24. The first-order valence-corrected chi connectivity index (χ1v) is 6.96. The predicted octanol–water partition coefficient (Wildman–Crippen LogP) is 3.96. The quantitative estimate of drug-likeness (QED) is 0.932. The van der Waals surface area contributed by atoms with E-state index in [9.17, 15) is 0 Å². The van der Waals surface area contributed by atoms with Crippen molar-refractivity contribution >= 4 is 33.1 Å². The van der Waals surface area contributed by atoms with Crippen molar-refractivity contribution < 1.29 is 0 Å². The third-order valence-electron chi connectivity index (χ3n) is 2.45. The number of hydrogen-bond donors (Lipinski definition) is 1. The zero-order valence-corrected chi connectivity index (χ0v) is 12.4. The van der Waals surface area contributed by atoms with Crippen molar-refractivity contribution in [2.75, 3.05) is 5.32 Å². The van der Waals surface area contributed by atoms with Crippen LogP contribution in [0.25, 0.3) is 0 Å². The fourth-order valence-corrected chi connectivity index (χ4v) is 2.45. The summed E-state index contributed by atoms with van der Waals surface area (Å²) in [4.78, 5) is 8.70. The zero-order valence-electron chi connectivity index (χ0n) is 9.99. The Hall–Kier alpha value is -0.940. The van der Waals surface area contributed by atoms with Crippen LogP contribution in [0.4, 0.5) is 5.82 Å². The maximum Gasteiger partial charge on any atom is 0.126 e. The van der Waals surface area contributed by atoms with E-state index in [2.05, 4.69) is 45.1 Å². The lowest BCUT2D eigenvalue weighted by Crippen LogP contribution is -2.28. The molecule has 0 aromatic carbocycles. The van der Waals surface area contributed by atoms with E-state index in [4.69, 9.17) is 0 Å². The molecular weight excluding hydrogens is 298 g/mol. The van der Waals surface area contributed by atoms with E-state index in [1.165, 1.54) is 0 Å². The van der Waals surface area contributed by atoms with E-state index in [1.807, 2.05) is 30.8 Å². The van der Waals surface area contributed by atoms with Crippen LogP contribution in [0.2, 0.25) is 0 Å². The maximum atomic E-state index is 4.35. The van der Waals surface area contributed by atoms with Gasteiger partial charge in [0.2, 0.25) is 0 Å². The van der Waals surface area contributed by atoms with Gasteiger partial charge < -0.3 is 5.32 Å². The van der Waals surface area contributed by atoms with Crippen molar-refractivity contribution in [3.8, 4) is 0 Å². The first kappa shape index (κ1) is 12.5. The third kappa shape index (κ3) is 2.84. The van der Waals surface area contributed by atoms with Crippen LogP contribution in [-0.2, 0) is 5.54 Å². The summed E-state index contributed by atoms with van der Waals surface area (Å²) in [6, 6.07) is 2.03. The van der Waals surface area contributed by atoms with Crippen molar-refractivity contribution in [3.63, 3.8) is 0 Å². The highest BCUT2D eigenvalue weighted by atomic mass is 79.9. The number of nitrogens with zero attached hydrogens (tertiary/aromatic N) is 2. The Labute approximate surface area is 113 Å². The summed E-state index contributed by atoms with van der Waals surface area (Å²) in [5.74, 6) is 0.867. The Morgan fingerprint density at radius 3 is 2.71 bits per heavy atom. The highest BCUT2D eigenvalue weighted by molar-refractivity contribution is 9.10. The molecule has 0 radical (unpaired) electrons. The molecule has 0 aliphatic carbocycles. The van der Waals surface area contributed by atoms with Gasteiger partial charge in [-0.05, 0) is 48.3 Å². The van der Waals surface area contributed by atoms with Gasteiger partial charge >= 0.3 is 0 Å². The van der Waals surface area contributed by atoms with E-state index in [-0.39, 0.29) is 5.54 Å².